The van der Waals surface area contributed by atoms with E-state index in [9.17, 15) is 18.0 Å². The minimum Gasteiger partial charge on any atom is -0.481 e. The van der Waals surface area contributed by atoms with Gasteiger partial charge in [0, 0.05) is 12.6 Å². The van der Waals surface area contributed by atoms with Gasteiger partial charge in [-0.15, -0.1) is 0 Å². The van der Waals surface area contributed by atoms with Gasteiger partial charge in [-0.05, 0) is 32.6 Å². The van der Waals surface area contributed by atoms with Crippen LogP contribution in [0.3, 0.4) is 0 Å². The number of sulfone groups is 1. The Morgan fingerprint density at radius 3 is 2.33 bits per heavy atom. The Morgan fingerprint density at radius 2 is 1.76 bits per heavy atom. The third-order valence-electron chi connectivity index (χ3n) is 4.69. The van der Waals surface area contributed by atoms with Crippen molar-refractivity contribution in [3.05, 3.63) is 0 Å². The Labute approximate surface area is 125 Å². The molecule has 2 atom stereocenters. The number of likely N-dealkylation sites (tertiary alicyclic amines) is 1. The average Bonchev–Trinajstić information content (AvgIpc) is 2.92. The molecule has 1 saturated heterocycles. The van der Waals surface area contributed by atoms with Gasteiger partial charge in [-0.2, -0.15) is 0 Å². The minimum absolute atomic E-state index is 0.0909. The molecule has 120 valence electrons. The van der Waals surface area contributed by atoms with Crippen LogP contribution in [0.4, 0.5) is 0 Å². The van der Waals surface area contributed by atoms with Gasteiger partial charge in [0.1, 0.15) is 5.75 Å². The van der Waals surface area contributed by atoms with Crippen LogP contribution in [0.25, 0.3) is 0 Å². The van der Waals surface area contributed by atoms with Crippen LogP contribution in [0.2, 0.25) is 0 Å². The van der Waals surface area contributed by atoms with Gasteiger partial charge in [0.15, 0.2) is 9.84 Å². The summed E-state index contributed by atoms with van der Waals surface area (Å²) < 4.78 is 24.5. The number of nitrogens with zero attached hydrogens (tertiary/aromatic N) is 1. The molecule has 6 nitrogen and oxygen atoms in total. The highest BCUT2D eigenvalue weighted by Crippen LogP contribution is 2.27. The summed E-state index contributed by atoms with van der Waals surface area (Å²) in [6.07, 6.45) is 4.23. The van der Waals surface area contributed by atoms with Crippen molar-refractivity contribution < 1.29 is 23.1 Å². The van der Waals surface area contributed by atoms with Crippen LogP contribution in [0, 0.1) is 5.92 Å². The zero-order chi connectivity index (χ0) is 15.6. The highest BCUT2D eigenvalue weighted by molar-refractivity contribution is 7.92. The number of carbonyl (C=O) groups excluding carboxylic acids is 1. The quantitative estimate of drug-likeness (QED) is 0.837. The molecule has 2 aliphatic rings. The first-order chi connectivity index (χ1) is 9.81. The van der Waals surface area contributed by atoms with Crippen molar-refractivity contribution in [1.82, 2.24) is 4.90 Å². The average molecular weight is 317 g/mol. The number of amides is 1. The monoisotopic (exact) mass is 317 g/mol. The topological polar surface area (TPSA) is 91.8 Å². The maximum absolute atomic E-state index is 12.3. The fourth-order valence-electron chi connectivity index (χ4n) is 3.28. The van der Waals surface area contributed by atoms with Crippen molar-refractivity contribution in [2.24, 2.45) is 5.92 Å². The summed E-state index contributed by atoms with van der Waals surface area (Å²) in [6, 6.07) is -0.0909. The molecule has 21 heavy (non-hydrogen) atoms. The molecular formula is C14H23NO5S. The number of hydrogen-bond donors (Lipinski definition) is 1. The summed E-state index contributed by atoms with van der Waals surface area (Å²) in [7, 11) is -3.41. The van der Waals surface area contributed by atoms with Crippen LogP contribution in [-0.2, 0) is 19.4 Å². The molecular weight excluding hydrogens is 294 g/mol. The lowest BCUT2D eigenvalue weighted by atomic mass is 9.93. The lowest BCUT2D eigenvalue weighted by Crippen LogP contribution is -2.49. The molecule has 0 aromatic rings. The summed E-state index contributed by atoms with van der Waals surface area (Å²) in [5.41, 5.74) is 0. The molecule has 1 aliphatic carbocycles. The van der Waals surface area contributed by atoms with Crippen molar-refractivity contribution in [3.63, 3.8) is 0 Å². The molecule has 1 saturated carbocycles. The molecule has 2 fully saturated rings. The second-order valence-electron chi connectivity index (χ2n) is 6.22. The van der Waals surface area contributed by atoms with Crippen molar-refractivity contribution in [3.8, 4) is 0 Å². The molecule has 1 aliphatic heterocycles. The summed E-state index contributed by atoms with van der Waals surface area (Å²) in [5.74, 6) is -2.42. The van der Waals surface area contributed by atoms with Crippen LogP contribution in [0.5, 0.6) is 0 Å². The third kappa shape index (κ3) is 3.75. The Morgan fingerprint density at radius 1 is 1.14 bits per heavy atom. The van der Waals surface area contributed by atoms with Gasteiger partial charge in [-0.1, -0.05) is 12.8 Å². The van der Waals surface area contributed by atoms with Gasteiger partial charge in [0.05, 0.1) is 11.2 Å². The zero-order valence-corrected chi connectivity index (χ0v) is 13.1. The van der Waals surface area contributed by atoms with E-state index >= 15 is 0 Å². The Hall–Kier alpha value is -1.11. The second kappa shape index (κ2) is 6.34. The molecule has 1 amide bonds. The maximum Gasteiger partial charge on any atom is 0.308 e. The van der Waals surface area contributed by atoms with Crippen molar-refractivity contribution in [2.75, 3.05) is 12.3 Å². The fourth-order valence-corrected chi connectivity index (χ4v) is 5.07. The minimum atomic E-state index is -3.41. The van der Waals surface area contributed by atoms with Crippen molar-refractivity contribution >= 4 is 21.7 Å². The third-order valence-corrected chi connectivity index (χ3v) is 6.82. The Bertz CT molecular complexity index is 509. The first-order valence-corrected chi connectivity index (χ1v) is 9.26. The van der Waals surface area contributed by atoms with Crippen molar-refractivity contribution in [2.45, 2.75) is 56.7 Å². The molecule has 0 bridgehead atoms. The van der Waals surface area contributed by atoms with Gasteiger partial charge < -0.3 is 10.0 Å². The smallest absolute Gasteiger partial charge is 0.308 e. The van der Waals surface area contributed by atoms with Gasteiger partial charge in [-0.25, -0.2) is 8.42 Å². The molecule has 1 N–H and O–H groups in total. The summed E-state index contributed by atoms with van der Waals surface area (Å²) >= 11 is 0. The van der Waals surface area contributed by atoms with Crippen LogP contribution >= 0.6 is 0 Å². The number of piperidine rings is 1. The van der Waals surface area contributed by atoms with Gasteiger partial charge >= 0.3 is 5.97 Å². The molecule has 2 rings (SSSR count). The molecule has 1 heterocycles. The van der Waals surface area contributed by atoms with Crippen molar-refractivity contribution in [1.29, 1.82) is 0 Å². The predicted molar refractivity (Wildman–Crippen MR) is 77.6 cm³/mol. The van der Waals surface area contributed by atoms with Crippen LogP contribution < -0.4 is 0 Å². The van der Waals surface area contributed by atoms with E-state index < -0.39 is 38.6 Å². The molecule has 7 heteroatoms. The van der Waals surface area contributed by atoms with Gasteiger partial charge in [0.25, 0.3) is 0 Å². The van der Waals surface area contributed by atoms with E-state index in [1.165, 1.54) is 4.90 Å². The molecule has 0 aromatic heterocycles. The Kier molecular flexibility index (Phi) is 4.91. The number of aliphatic carboxylic acids is 1. The maximum atomic E-state index is 12.3. The molecule has 0 spiro atoms. The van der Waals surface area contributed by atoms with E-state index in [0.717, 1.165) is 12.8 Å². The van der Waals surface area contributed by atoms with E-state index in [-0.39, 0.29) is 12.6 Å². The zero-order valence-electron chi connectivity index (χ0n) is 12.3. The number of hydrogen-bond acceptors (Lipinski definition) is 4. The van der Waals surface area contributed by atoms with E-state index in [0.29, 0.717) is 25.7 Å². The first-order valence-electron chi connectivity index (χ1n) is 7.55. The predicted octanol–water partition coefficient (Wildman–Crippen LogP) is 1.06. The van der Waals surface area contributed by atoms with Gasteiger partial charge in [-0.3, -0.25) is 9.59 Å². The number of rotatable bonds is 4. The normalized spacial score (nSPS) is 27.8. The fraction of sp³-hybridized carbons (Fsp3) is 0.857. The van der Waals surface area contributed by atoms with Crippen LogP contribution in [0.15, 0.2) is 0 Å². The lowest BCUT2D eigenvalue weighted by Gasteiger charge is -2.36. The summed E-state index contributed by atoms with van der Waals surface area (Å²) in [4.78, 5) is 24.8. The number of carboxylic acids is 1. The molecule has 2 unspecified atom stereocenters. The van der Waals surface area contributed by atoms with Gasteiger partial charge in [0.2, 0.25) is 5.91 Å². The molecule has 0 radical (unpaired) electrons. The second-order valence-corrected chi connectivity index (χ2v) is 8.50. The standard InChI is InChI=1S/C14H23NO5S/c1-10-6-7-11(14(17)18)8-15(10)13(16)9-21(19,20)12-4-2-3-5-12/h10-12H,2-9H2,1H3,(H,17,18). The Balaban J connectivity index is 2.02. The molecule has 0 aromatic carbocycles. The summed E-state index contributed by atoms with van der Waals surface area (Å²) in [5, 5.41) is 8.68. The highest BCUT2D eigenvalue weighted by Gasteiger charge is 2.36. The SMILES string of the molecule is CC1CCC(C(=O)O)CN1C(=O)CS(=O)(=O)C1CCCC1. The van der Waals surface area contributed by atoms with Crippen LogP contribution in [-0.4, -0.2) is 53.9 Å². The van der Waals surface area contributed by atoms with E-state index in [1.807, 2.05) is 6.92 Å². The summed E-state index contributed by atoms with van der Waals surface area (Å²) in [6.45, 7) is 1.97. The highest BCUT2D eigenvalue weighted by atomic mass is 32.2. The van der Waals surface area contributed by atoms with E-state index in [1.54, 1.807) is 0 Å². The van der Waals surface area contributed by atoms with E-state index in [4.69, 9.17) is 5.11 Å². The lowest BCUT2D eigenvalue weighted by molar-refractivity contribution is -0.146. The number of carbonyl (C=O) groups is 2. The van der Waals surface area contributed by atoms with E-state index in [2.05, 4.69) is 0 Å². The first kappa shape index (κ1) is 16.3. The number of carboxylic acid groups (broad SMARTS) is 1. The largest absolute Gasteiger partial charge is 0.481 e. The van der Waals surface area contributed by atoms with Crippen LogP contribution in [0.1, 0.15) is 45.4 Å².